The third kappa shape index (κ3) is 2.22. The minimum Gasteiger partial charge on any atom is -0.487 e. The van der Waals surface area contributed by atoms with E-state index < -0.39 is 0 Å². The molecule has 0 fully saturated rings. The Morgan fingerprint density at radius 2 is 1.78 bits per heavy atom. The maximum atomic E-state index is 6.06. The molecule has 0 spiro atoms. The second kappa shape index (κ2) is 5.01. The molecular weight excluding hydrogens is 264 g/mol. The van der Waals surface area contributed by atoms with Gasteiger partial charge in [-0.1, -0.05) is 41.9 Å². The molecule has 1 aromatic heterocycles. The zero-order valence-electron chi connectivity index (χ0n) is 9.60. The molecule has 0 atom stereocenters. The first kappa shape index (κ1) is 11.6. The van der Waals surface area contributed by atoms with Gasteiger partial charge in [-0.25, -0.2) is 0 Å². The third-order valence-corrected chi connectivity index (χ3v) is 4.11. The summed E-state index contributed by atoms with van der Waals surface area (Å²) < 4.78 is 7.05. The fourth-order valence-electron chi connectivity index (χ4n) is 1.86. The summed E-state index contributed by atoms with van der Waals surface area (Å²) in [5.41, 5.74) is 1.20. The Morgan fingerprint density at radius 3 is 2.67 bits per heavy atom. The largest absolute Gasteiger partial charge is 0.487 e. The summed E-state index contributed by atoms with van der Waals surface area (Å²) in [5, 5.41) is 4.05. The summed E-state index contributed by atoms with van der Waals surface area (Å²) in [5.74, 6) is 0.731. The van der Waals surface area contributed by atoms with Gasteiger partial charge in [-0.2, -0.15) is 0 Å². The molecule has 3 heteroatoms. The predicted octanol–water partition coefficient (Wildman–Crippen LogP) is 5.13. The zero-order chi connectivity index (χ0) is 12.4. The van der Waals surface area contributed by atoms with Gasteiger partial charge in [0.15, 0.2) is 0 Å². The lowest BCUT2D eigenvalue weighted by atomic mass is 10.2. The second-order valence-electron chi connectivity index (χ2n) is 3.98. The van der Waals surface area contributed by atoms with E-state index in [1.807, 2.05) is 30.3 Å². The number of halogens is 1. The minimum absolute atomic E-state index is 0.549. The van der Waals surface area contributed by atoms with Crippen molar-refractivity contribution in [3.05, 3.63) is 64.5 Å². The van der Waals surface area contributed by atoms with E-state index in [1.54, 1.807) is 11.3 Å². The average molecular weight is 275 g/mol. The molecule has 0 aliphatic carbocycles. The molecule has 0 saturated heterocycles. The number of rotatable bonds is 3. The maximum Gasteiger partial charge on any atom is 0.138 e. The predicted molar refractivity (Wildman–Crippen MR) is 77.6 cm³/mol. The van der Waals surface area contributed by atoms with Gasteiger partial charge in [-0.15, -0.1) is 11.3 Å². The van der Waals surface area contributed by atoms with E-state index in [2.05, 4.69) is 23.6 Å². The van der Waals surface area contributed by atoms with Crippen LogP contribution >= 0.6 is 22.9 Å². The van der Waals surface area contributed by atoms with Gasteiger partial charge in [0.1, 0.15) is 12.4 Å². The molecule has 3 aromatic rings. The Hall–Kier alpha value is -1.51. The Bertz CT molecular complexity index is 675. The standard InChI is InChI=1S/C15H11ClOS/c16-13-6-2-3-7-14(13)17-9-11-10-18-15-8-4-1-5-12(11)15/h1-8,10H,9H2. The van der Waals surface area contributed by atoms with Crippen molar-refractivity contribution in [1.29, 1.82) is 0 Å². The van der Waals surface area contributed by atoms with Gasteiger partial charge in [0.25, 0.3) is 0 Å². The van der Waals surface area contributed by atoms with Crippen molar-refractivity contribution in [2.24, 2.45) is 0 Å². The highest BCUT2D eigenvalue weighted by Crippen LogP contribution is 2.28. The van der Waals surface area contributed by atoms with Gasteiger partial charge in [-0.05, 0) is 29.0 Å². The lowest BCUT2D eigenvalue weighted by Crippen LogP contribution is -1.94. The van der Waals surface area contributed by atoms with Crippen LogP contribution in [0.2, 0.25) is 5.02 Å². The molecule has 0 aliphatic rings. The number of hydrogen-bond acceptors (Lipinski definition) is 2. The van der Waals surface area contributed by atoms with E-state index in [1.165, 1.54) is 15.6 Å². The van der Waals surface area contributed by atoms with Crippen LogP contribution in [-0.4, -0.2) is 0 Å². The van der Waals surface area contributed by atoms with Crippen LogP contribution in [0.25, 0.3) is 10.1 Å². The lowest BCUT2D eigenvalue weighted by Gasteiger charge is -2.06. The molecule has 0 bridgehead atoms. The molecule has 0 radical (unpaired) electrons. The normalized spacial score (nSPS) is 10.7. The van der Waals surface area contributed by atoms with E-state index in [4.69, 9.17) is 16.3 Å². The van der Waals surface area contributed by atoms with Crippen molar-refractivity contribution >= 4 is 33.0 Å². The van der Waals surface area contributed by atoms with E-state index in [0.717, 1.165) is 5.75 Å². The van der Waals surface area contributed by atoms with Crippen molar-refractivity contribution < 1.29 is 4.74 Å². The van der Waals surface area contributed by atoms with Gasteiger partial charge in [0.2, 0.25) is 0 Å². The SMILES string of the molecule is Clc1ccccc1OCc1csc2ccccc12. The molecule has 3 rings (SSSR count). The van der Waals surface area contributed by atoms with Crippen LogP contribution < -0.4 is 4.74 Å². The van der Waals surface area contributed by atoms with Gasteiger partial charge < -0.3 is 4.74 Å². The van der Waals surface area contributed by atoms with Gasteiger partial charge in [0.05, 0.1) is 5.02 Å². The maximum absolute atomic E-state index is 6.06. The number of benzene rings is 2. The highest BCUT2D eigenvalue weighted by molar-refractivity contribution is 7.17. The molecule has 0 unspecified atom stereocenters. The minimum atomic E-state index is 0.549. The summed E-state index contributed by atoms with van der Waals surface area (Å²) in [6.07, 6.45) is 0. The van der Waals surface area contributed by atoms with E-state index >= 15 is 0 Å². The van der Waals surface area contributed by atoms with Gasteiger partial charge >= 0.3 is 0 Å². The molecule has 0 saturated carbocycles. The number of fused-ring (bicyclic) bond motifs is 1. The molecule has 1 heterocycles. The quantitative estimate of drug-likeness (QED) is 0.643. The molecule has 90 valence electrons. The summed E-state index contributed by atoms with van der Waals surface area (Å²) in [4.78, 5) is 0. The van der Waals surface area contributed by atoms with Crippen LogP contribution in [0, 0.1) is 0 Å². The third-order valence-electron chi connectivity index (χ3n) is 2.78. The van der Waals surface area contributed by atoms with Crippen molar-refractivity contribution in [2.45, 2.75) is 6.61 Å². The van der Waals surface area contributed by atoms with E-state index in [9.17, 15) is 0 Å². The smallest absolute Gasteiger partial charge is 0.138 e. The molecule has 2 aromatic carbocycles. The first-order valence-corrected chi connectivity index (χ1v) is 6.93. The summed E-state index contributed by atoms with van der Waals surface area (Å²) in [6.45, 7) is 0.549. The molecule has 0 amide bonds. The van der Waals surface area contributed by atoms with Crippen LogP contribution in [0.4, 0.5) is 0 Å². The Morgan fingerprint density at radius 1 is 1.00 bits per heavy atom. The number of thiophene rings is 1. The van der Waals surface area contributed by atoms with Crippen molar-refractivity contribution in [2.75, 3.05) is 0 Å². The van der Waals surface area contributed by atoms with E-state index in [0.29, 0.717) is 11.6 Å². The Labute approximate surface area is 115 Å². The summed E-state index contributed by atoms with van der Waals surface area (Å²) in [7, 11) is 0. The van der Waals surface area contributed by atoms with Crippen LogP contribution in [0.15, 0.2) is 53.9 Å². The lowest BCUT2D eigenvalue weighted by molar-refractivity contribution is 0.308. The second-order valence-corrected chi connectivity index (χ2v) is 5.29. The van der Waals surface area contributed by atoms with Crippen LogP contribution in [-0.2, 0) is 6.61 Å². The molecule has 1 nitrogen and oxygen atoms in total. The highest BCUT2D eigenvalue weighted by atomic mass is 35.5. The molecule has 18 heavy (non-hydrogen) atoms. The molecular formula is C15H11ClOS. The van der Waals surface area contributed by atoms with Gasteiger partial charge in [0, 0.05) is 10.3 Å². The monoisotopic (exact) mass is 274 g/mol. The topological polar surface area (TPSA) is 9.23 Å². The van der Waals surface area contributed by atoms with Crippen molar-refractivity contribution in [3.63, 3.8) is 0 Å². The average Bonchev–Trinajstić information content (AvgIpc) is 2.81. The number of para-hydroxylation sites is 1. The first-order chi connectivity index (χ1) is 8.84. The highest BCUT2D eigenvalue weighted by Gasteiger charge is 2.05. The fraction of sp³-hybridized carbons (Fsp3) is 0.0667. The number of hydrogen-bond donors (Lipinski definition) is 0. The van der Waals surface area contributed by atoms with Crippen molar-refractivity contribution in [3.8, 4) is 5.75 Å². The molecule has 0 aliphatic heterocycles. The summed E-state index contributed by atoms with van der Waals surface area (Å²) >= 11 is 7.80. The van der Waals surface area contributed by atoms with Gasteiger partial charge in [-0.3, -0.25) is 0 Å². The Balaban J connectivity index is 1.83. The van der Waals surface area contributed by atoms with Crippen LogP contribution in [0.5, 0.6) is 5.75 Å². The van der Waals surface area contributed by atoms with Crippen molar-refractivity contribution in [1.82, 2.24) is 0 Å². The van der Waals surface area contributed by atoms with Crippen LogP contribution in [0.1, 0.15) is 5.56 Å². The molecule has 0 N–H and O–H groups in total. The zero-order valence-corrected chi connectivity index (χ0v) is 11.2. The first-order valence-electron chi connectivity index (χ1n) is 5.67. The fourth-order valence-corrected chi connectivity index (χ4v) is 3.00. The summed E-state index contributed by atoms with van der Waals surface area (Å²) in [6, 6.07) is 15.9. The Kier molecular flexibility index (Phi) is 3.22. The van der Waals surface area contributed by atoms with Crippen LogP contribution in [0.3, 0.4) is 0 Å². The van der Waals surface area contributed by atoms with E-state index in [-0.39, 0.29) is 0 Å². The number of ether oxygens (including phenoxy) is 1.